The largest absolute Gasteiger partial charge is 0.324 e. The highest BCUT2D eigenvalue weighted by molar-refractivity contribution is 9.10. The average Bonchev–Trinajstić information content (AvgIpc) is 2.60. The highest BCUT2D eigenvalue weighted by atomic mass is 79.9. The van der Waals surface area contributed by atoms with E-state index in [1.807, 2.05) is 12.1 Å². The van der Waals surface area contributed by atoms with E-state index in [0.717, 1.165) is 15.1 Å². The molecule has 0 bridgehead atoms. The molecule has 17 heavy (non-hydrogen) atoms. The third-order valence-electron chi connectivity index (χ3n) is 3.72. The lowest BCUT2D eigenvalue weighted by Gasteiger charge is -2.23. The molecular formula is C14H19BrClN. The van der Waals surface area contributed by atoms with Crippen LogP contribution >= 0.6 is 27.5 Å². The Morgan fingerprint density at radius 2 is 1.82 bits per heavy atom. The van der Waals surface area contributed by atoms with Crippen molar-refractivity contribution in [1.82, 2.24) is 0 Å². The summed E-state index contributed by atoms with van der Waals surface area (Å²) in [5.41, 5.74) is 7.49. The van der Waals surface area contributed by atoms with Crippen LogP contribution in [0.25, 0.3) is 0 Å². The van der Waals surface area contributed by atoms with Crippen molar-refractivity contribution in [3.63, 3.8) is 0 Å². The first-order valence-corrected chi connectivity index (χ1v) is 7.56. The Kier molecular flexibility index (Phi) is 4.89. The first-order chi connectivity index (χ1) is 8.18. The van der Waals surface area contributed by atoms with Gasteiger partial charge in [-0.05, 0) is 42.5 Å². The normalized spacial score (nSPS) is 19.9. The van der Waals surface area contributed by atoms with Crippen molar-refractivity contribution >= 4 is 27.5 Å². The van der Waals surface area contributed by atoms with E-state index in [-0.39, 0.29) is 6.04 Å². The number of rotatable bonds is 2. The van der Waals surface area contributed by atoms with Crippen LogP contribution in [-0.4, -0.2) is 0 Å². The second kappa shape index (κ2) is 6.21. The summed E-state index contributed by atoms with van der Waals surface area (Å²) < 4.78 is 1.06. The van der Waals surface area contributed by atoms with E-state index < -0.39 is 0 Å². The molecule has 1 fully saturated rings. The van der Waals surface area contributed by atoms with Crippen LogP contribution in [0.5, 0.6) is 0 Å². The molecule has 0 aliphatic heterocycles. The average molecular weight is 317 g/mol. The molecule has 1 aliphatic carbocycles. The Labute approximate surface area is 117 Å². The zero-order valence-electron chi connectivity index (χ0n) is 9.96. The van der Waals surface area contributed by atoms with E-state index in [2.05, 4.69) is 22.0 Å². The molecule has 0 radical (unpaired) electrons. The molecule has 0 spiro atoms. The second-order valence-electron chi connectivity index (χ2n) is 4.94. The monoisotopic (exact) mass is 315 g/mol. The van der Waals surface area contributed by atoms with Gasteiger partial charge in [0.1, 0.15) is 0 Å². The van der Waals surface area contributed by atoms with Gasteiger partial charge in [-0.25, -0.2) is 0 Å². The van der Waals surface area contributed by atoms with Crippen LogP contribution < -0.4 is 5.73 Å². The van der Waals surface area contributed by atoms with Crippen molar-refractivity contribution in [3.05, 3.63) is 33.3 Å². The van der Waals surface area contributed by atoms with Gasteiger partial charge in [-0.15, -0.1) is 0 Å². The standard InChI is InChI=1S/C14H19BrClN/c15-11-7-8-13(16)12(9-11)14(17)10-5-3-1-2-4-6-10/h7-10,14H,1-6,17H2. The van der Waals surface area contributed by atoms with Gasteiger partial charge in [0.05, 0.1) is 0 Å². The van der Waals surface area contributed by atoms with E-state index in [4.69, 9.17) is 17.3 Å². The van der Waals surface area contributed by atoms with Gasteiger partial charge in [-0.3, -0.25) is 0 Å². The van der Waals surface area contributed by atoms with E-state index >= 15 is 0 Å². The molecule has 1 atom stereocenters. The molecular weight excluding hydrogens is 298 g/mol. The minimum absolute atomic E-state index is 0.0816. The number of benzene rings is 1. The predicted molar refractivity (Wildman–Crippen MR) is 77.3 cm³/mol. The molecule has 1 nitrogen and oxygen atoms in total. The Morgan fingerprint density at radius 1 is 1.18 bits per heavy atom. The fourth-order valence-electron chi connectivity index (χ4n) is 2.69. The topological polar surface area (TPSA) is 26.0 Å². The fourth-order valence-corrected chi connectivity index (χ4v) is 3.32. The van der Waals surface area contributed by atoms with Crippen molar-refractivity contribution in [1.29, 1.82) is 0 Å². The zero-order valence-corrected chi connectivity index (χ0v) is 12.3. The number of hydrogen-bond donors (Lipinski definition) is 1. The number of hydrogen-bond acceptors (Lipinski definition) is 1. The molecule has 1 aliphatic rings. The van der Waals surface area contributed by atoms with Crippen LogP contribution in [0.4, 0.5) is 0 Å². The number of nitrogens with two attached hydrogens (primary N) is 1. The predicted octanol–water partition coefficient (Wildman–Crippen LogP) is 5.07. The van der Waals surface area contributed by atoms with Crippen molar-refractivity contribution in [2.24, 2.45) is 11.7 Å². The van der Waals surface area contributed by atoms with Crippen LogP contribution in [0.3, 0.4) is 0 Å². The summed E-state index contributed by atoms with van der Waals surface area (Å²) in [6.45, 7) is 0. The first-order valence-electron chi connectivity index (χ1n) is 6.39. The second-order valence-corrected chi connectivity index (χ2v) is 6.27. The minimum Gasteiger partial charge on any atom is -0.324 e. The Morgan fingerprint density at radius 3 is 2.47 bits per heavy atom. The molecule has 94 valence electrons. The van der Waals surface area contributed by atoms with Crippen molar-refractivity contribution in [3.8, 4) is 0 Å². The quantitative estimate of drug-likeness (QED) is 0.757. The van der Waals surface area contributed by atoms with Crippen molar-refractivity contribution < 1.29 is 0 Å². The molecule has 1 aromatic rings. The fraction of sp³-hybridized carbons (Fsp3) is 0.571. The van der Waals surface area contributed by atoms with Crippen molar-refractivity contribution in [2.75, 3.05) is 0 Å². The molecule has 0 saturated heterocycles. The van der Waals surface area contributed by atoms with E-state index in [9.17, 15) is 0 Å². The molecule has 2 rings (SSSR count). The third-order valence-corrected chi connectivity index (χ3v) is 4.56. The van der Waals surface area contributed by atoms with Gasteiger partial charge in [0.2, 0.25) is 0 Å². The lowest BCUT2D eigenvalue weighted by molar-refractivity contribution is 0.382. The molecule has 0 amide bonds. The molecule has 1 aromatic carbocycles. The first kappa shape index (κ1) is 13.4. The summed E-state index contributed by atoms with van der Waals surface area (Å²) in [4.78, 5) is 0. The van der Waals surface area contributed by atoms with Gasteiger partial charge in [0.25, 0.3) is 0 Å². The van der Waals surface area contributed by atoms with Gasteiger partial charge in [0, 0.05) is 15.5 Å². The highest BCUT2D eigenvalue weighted by Gasteiger charge is 2.22. The van der Waals surface area contributed by atoms with E-state index in [1.54, 1.807) is 0 Å². The van der Waals surface area contributed by atoms with Gasteiger partial charge in [-0.1, -0.05) is 53.2 Å². The highest BCUT2D eigenvalue weighted by Crippen LogP contribution is 2.35. The molecule has 1 saturated carbocycles. The van der Waals surface area contributed by atoms with Crippen molar-refractivity contribution in [2.45, 2.75) is 44.6 Å². The minimum atomic E-state index is 0.0816. The van der Waals surface area contributed by atoms with Gasteiger partial charge < -0.3 is 5.73 Å². The van der Waals surface area contributed by atoms with E-state index in [0.29, 0.717) is 5.92 Å². The molecule has 0 aromatic heterocycles. The maximum absolute atomic E-state index is 6.40. The van der Waals surface area contributed by atoms with Gasteiger partial charge in [-0.2, -0.15) is 0 Å². The molecule has 3 heteroatoms. The van der Waals surface area contributed by atoms with Gasteiger partial charge in [0.15, 0.2) is 0 Å². The van der Waals surface area contributed by atoms with Crippen LogP contribution in [0, 0.1) is 5.92 Å². The number of halogens is 2. The summed E-state index contributed by atoms with van der Waals surface area (Å²) in [6, 6.07) is 6.04. The lowest BCUT2D eigenvalue weighted by Crippen LogP contribution is -2.21. The third kappa shape index (κ3) is 3.46. The van der Waals surface area contributed by atoms with Crippen LogP contribution in [0.1, 0.15) is 50.1 Å². The van der Waals surface area contributed by atoms with E-state index in [1.165, 1.54) is 38.5 Å². The molecule has 2 N–H and O–H groups in total. The summed E-state index contributed by atoms with van der Waals surface area (Å²) in [7, 11) is 0. The molecule has 1 unspecified atom stereocenters. The Hall–Kier alpha value is -0.0500. The summed E-state index contributed by atoms with van der Waals surface area (Å²) in [6.07, 6.45) is 7.81. The summed E-state index contributed by atoms with van der Waals surface area (Å²) >= 11 is 9.74. The lowest BCUT2D eigenvalue weighted by atomic mass is 9.88. The Bertz CT molecular complexity index is 372. The summed E-state index contributed by atoms with van der Waals surface area (Å²) in [5, 5.41) is 0.796. The van der Waals surface area contributed by atoms with Crippen LogP contribution in [-0.2, 0) is 0 Å². The smallest absolute Gasteiger partial charge is 0.0454 e. The van der Waals surface area contributed by atoms with Crippen LogP contribution in [0.15, 0.2) is 22.7 Å². The summed E-state index contributed by atoms with van der Waals surface area (Å²) in [5.74, 6) is 0.587. The molecule has 0 heterocycles. The SMILES string of the molecule is NC(c1cc(Br)ccc1Cl)C1CCCCCC1. The zero-order chi connectivity index (χ0) is 12.3. The maximum Gasteiger partial charge on any atom is 0.0454 e. The van der Waals surface area contributed by atoms with Gasteiger partial charge >= 0.3 is 0 Å². The Balaban J connectivity index is 2.16. The maximum atomic E-state index is 6.40. The van der Waals surface area contributed by atoms with Crippen LogP contribution in [0.2, 0.25) is 5.02 Å².